The van der Waals surface area contributed by atoms with Crippen molar-refractivity contribution in [2.75, 3.05) is 6.54 Å². The number of nitrogens with two attached hydrogens (primary N) is 1. The molecule has 1 heterocycles. The molecule has 0 radical (unpaired) electrons. The van der Waals surface area contributed by atoms with Gasteiger partial charge in [0.15, 0.2) is 0 Å². The van der Waals surface area contributed by atoms with Crippen molar-refractivity contribution in [3.8, 4) is 0 Å². The molecule has 0 aromatic heterocycles. The standard InChI is InChI=1S/C7H14N2O/c1-5-2-3-6(4-9-5)7(8)10/h5-6,9H,2-4H2,1H3,(H2,8,10)/t5-,6-/m0/s1. The summed E-state index contributed by atoms with van der Waals surface area (Å²) < 4.78 is 0. The van der Waals surface area contributed by atoms with Gasteiger partial charge in [-0.15, -0.1) is 0 Å². The van der Waals surface area contributed by atoms with Crippen LogP contribution in [0.25, 0.3) is 0 Å². The van der Waals surface area contributed by atoms with Crippen LogP contribution in [0.2, 0.25) is 0 Å². The maximum absolute atomic E-state index is 10.6. The van der Waals surface area contributed by atoms with Crippen LogP contribution < -0.4 is 11.1 Å². The Morgan fingerprint density at radius 2 is 2.30 bits per heavy atom. The van der Waals surface area contributed by atoms with Crippen LogP contribution in [0, 0.1) is 5.92 Å². The number of rotatable bonds is 1. The van der Waals surface area contributed by atoms with Gasteiger partial charge in [-0.2, -0.15) is 0 Å². The topological polar surface area (TPSA) is 55.1 Å². The summed E-state index contributed by atoms with van der Waals surface area (Å²) in [6, 6.07) is 0.551. The summed E-state index contributed by atoms with van der Waals surface area (Å²) >= 11 is 0. The zero-order valence-corrected chi connectivity index (χ0v) is 6.26. The largest absolute Gasteiger partial charge is 0.369 e. The molecule has 3 nitrogen and oxygen atoms in total. The van der Waals surface area contributed by atoms with E-state index in [1.807, 2.05) is 0 Å². The van der Waals surface area contributed by atoms with Gasteiger partial charge < -0.3 is 11.1 Å². The lowest BCUT2D eigenvalue weighted by molar-refractivity contribution is -0.122. The number of amides is 1. The maximum Gasteiger partial charge on any atom is 0.221 e. The monoisotopic (exact) mass is 142 g/mol. The van der Waals surface area contributed by atoms with Gasteiger partial charge in [-0.3, -0.25) is 4.79 Å². The second-order valence-corrected chi connectivity index (χ2v) is 2.99. The van der Waals surface area contributed by atoms with E-state index in [1.165, 1.54) is 0 Å². The van der Waals surface area contributed by atoms with Gasteiger partial charge in [0.2, 0.25) is 5.91 Å². The Hall–Kier alpha value is -0.570. The van der Waals surface area contributed by atoms with E-state index in [2.05, 4.69) is 12.2 Å². The highest BCUT2D eigenvalue weighted by atomic mass is 16.1. The molecular formula is C7H14N2O. The molecule has 1 fully saturated rings. The van der Waals surface area contributed by atoms with Gasteiger partial charge in [0, 0.05) is 12.6 Å². The summed E-state index contributed by atoms with van der Waals surface area (Å²) in [6.07, 6.45) is 2.01. The quantitative estimate of drug-likeness (QED) is 0.535. The van der Waals surface area contributed by atoms with Gasteiger partial charge in [-0.25, -0.2) is 0 Å². The van der Waals surface area contributed by atoms with E-state index in [0.717, 1.165) is 19.4 Å². The maximum atomic E-state index is 10.6. The van der Waals surface area contributed by atoms with Crippen molar-refractivity contribution in [1.82, 2.24) is 5.32 Å². The Morgan fingerprint density at radius 3 is 2.70 bits per heavy atom. The molecule has 0 bridgehead atoms. The molecule has 0 spiro atoms. The van der Waals surface area contributed by atoms with Crippen LogP contribution >= 0.6 is 0 Å². The molecule has 0 aromatic carbocycles. The third-order valence-corrected chi connectivity index (χ3v) is 2.06. The van der Waals surface area contributed by atoms with Crippen molar-refractivity contribution in [3.05, 3.63) is 0 Å². The average molecular weight is 142 g/mol. The highest BCUT2D eigenvalue weighted by molar-refractivity contribution is 5.76. The minimum absolute atomic E-state index is 0.0659. The Kier molecular flexibility index (Phi) is 2.27. The first-order chi connectivity index (χ1) is 4.70. The number of carbonyl (C=O) groups is 1. The van der Waals surface area contributed by atoms with E-state index in [9.17, 15) is 4.79 Å². The zero-order valence-electron chi connectivity index (χ0n) is 6.26. The predicted molar refractivity (Wildman–Crippen MR) is 39.4 cm³/mol. The number of primary amides is 1. The third-order valence-electron chi connectivity index (χ3n) is 2.06. The molecule has 3 heteroatoms. The van der Waals surface area contributed by atoms with Crippen LogP contribution in [0.4, 0.5) is 0 Å². The van der Waals surface area contributed by atoms with Crippen molar-refractivity contribution in [2.45, 2.75) is 25.8 Å². The minimum atomic E-state index is -0.167. The van der Waals surface area contributed by atoms with Crippen molar-refractivity contribution in [2.24, 2.45) is 11.7 Å². The molecule has 2 atom stereocenters. The van der Waals surface area contributed by atoms with Gasteiger partial charge >= 0.3 is 0 Å². The van der Waals surface area contributed by atoms with Crippen molar-refractivity contribution in [1.29, 1.82) is 0 Å². The summed E-state index contributed by atoms with van der Waals surface area (Å²) in [5.74, 6) is -0.101. The Balaban J connectivity index is 2.33. The SMILES string of the molecule is C[C@H]1CC[C@H](C(N)=O)CN1. The summed E-state index contributed by atoms with van der Waals surface area (Å²) in [6.45, 7) is 2.88. The highest BCUT2D eigenvalue weighted by Gasteiger charge is 2.21. The number of nitrogens with one attached hydrogen (secondary N) is 1. The summed E-state index contributed by atoms with van der Waals surface area (Å²) in [4.78, 5) is 10.6. The first-order valence-corrected chi connectivity index (χ1v) is 3.73. The average Bonchev–Trinajstić information content (AvgIpc) is 1.88. The molecule has 1 aliphatic rings. The Morgan fingerprint density at radius 1 is 1.60 bits per heavy atom. The molecular weight excluding hydrogens is 128 g/mol. The van der Waals surface area contributed by atoms with E-state index in [1.54, 1.807) is 0 Å². The fraction of sp³-hybridized carbons (Fsp3) is 0.857. The van der Waals surface area contributed by atoms with Gasteiger partial charge in [0.1, 0.15) is 0 Å². The molecule has 1 rings (SSSR count). The lowest BCUT2D eigenvalue weighted by Crippen LogP contribution is -2.42. The van der Waals surface area contributed by atoms with Crippen molar-refractivity contribution in [3.63, 3.8) is 0 Å². The normalized spacial score (nSPS) is 33.7. The van der Waals surface area contributed by atoms with Crippen LogP contribution in [0.15, 0.2) is 0 Å². The smallest absolute Gasteiger partial charge is 0.221 e. The number of piperidine rings is 1. The molecule has 3 N–H and O–H groups in total. The van der Waals surface area contributed by atoms with E-state index in [-0.39, 0.29) is 11.8 Å². The van der Waals surface area contributed by atoms with Crippen LogP contribution in [0.3, 0.4) is 0 Å². The van der Waals surface area contributed by atoms with Gasteiger partial charge in [-0.05, 0) is 19.8 Å². The second kappa shape index (κ2) is 3.01. The first-order valence-electron chi connectivity index (χ1n) is 3.73. The van der Waals surface area contributed by atoms with Crippen LogP contribution in [0.1, 0.15) is 19.8 Å². The van der Waals surface area contributed by atoms with Gasteiger partial charge in [0.25, 0.3) is 0 Å². The lowest BCUT2D eigenvalue weighted by atomic mass is 9.95. The van der Waals surface area contributed by atoms with Crippen LogP contribution in [-0.2, 0) is 4.79 Å². The second-order valence-electron chi connectivity index (χ2n) is 2.99. The van der Waals surface area contributed by atoms with Crippen LogP contribution in [0.5, 0.6) is 0 Å². The Bertz CT molecular complexity index is 128. The molecule has 1 aliphatic heterocycles. The van der Waals surface area contributed by atoms with Gasteiger partial charge in [-0.1, -0.05) is 0 Å². The minimum Gasteiger partial charge on any atom is -0.369 e. The van der Waals surface area contributed by atoms with E-state index in [4.69, 9.17) is 5.73 Å². The molecule has 1 saturated heterocycles. The van der Waals surface area contributed by atoms with Crippen molar-refractivity contribution < 1.29 is 4.79 Å². The molecule has 0 saturated carbocycles. The number of carbonyl (C=O) groups excluding carboxylic acids is 1. The highest BCUT2D eigenvalue weighted by Crippen LogP contribution is 2.12. The molecule has 1 amide bonds. The fourth-order valence-electron chi connectivity index (χ4n) is 1.24. The van der Waals surface area contributed by atoms with E-state index >= 15 is 0 Å². The molecule has 0 unspecified atom stereocenters. The van der Waals surface area contributed by atoms with Gasteiger partial charge in [0.05, 0.1) is 5.92 Å². The van der Waals surface area contributed by atoms with E-state index in [0.29, 0.717) is 6.04 Å². The molecule has 0 aliphatic carbocycles. The summed E-state index contributed by atoms with van der Waals surface area (Å²) in [7, 11) is 0. The molecule has 58 valence electrons. The van der Waals surface area contributed by atoms with E-state index < -0.39 is 0 Å². The predicted octanol–water partition coefficient (Wildman–Crippen LogP) is -0.140. The summed E-state index contributed by atoms with van der Waals surface area (Å²) in [5, 5.41) is 3.21. The zero-order chi connectivity index (χ0) is 7.56. The summed E-state index contributed by atoms with van der Waals surface area (Å²) in [5.41, 5.74) is 5.13. The molecule has 0 aromatic rings. The van der Waals surface area contributed by atoms with Crippen LogP contribution in [-0.4, -0.2) is 18.5 Å². The number of hydrogen-bond donors (Lipinski definition) is 2. The third kappa shape index (κ3) is 1.70. The van der Waals surface area contributed by atoms with Crippen molar-refractivity contribution >= 4 is 5.91 Å². The molecule has 10 heavy (non-hydrogen) atoms. The fourth-order valence-corrected chi connectivity index (χ4v) is 1.24. The lowest BCUT2D eigenvalue weighted by Gasteiger charge is -2.25. The number of hydrogen-bond acceptors (Lipinski definition) is 2. The Labute approximate surface area is 61.0 Å². The first kappa shape index (κ1) is 7.54.